The van der Waals surface area contributed by atoms with Gasteiger partial charge in [0, 0.05) is 25.7 Å². The Morgan fingerprint density at radius 2 is 2.27 bits per heavy atom. The van der Waals surface area contributed by atoms with Crippen LogP contribution in [0, 0.1) is 0 Å². The van der Waals surface area contributed by atoms with Crippen molar-refractivity contribution in [3.05, 3.63) is 0 Å². The Bertz CT molecular complexity index is 164. The van der Waals surface area contributed by atoms with Gasteiger partial charge < -0.3 is 15.4 Å². The highest BCUT2D eigenvalue weighted by Gasteiger charge is 2.22. The second-order valence-corrected chi connectivity index (χ2v) is 4.34. The Kier molecular flexibility index (Phi) is 6.22. The van der Waals surface area contributed by atoms with E-state index in [4.69, 9.17) is 10.5 Å². The molecule has 1 aliphatic rings. The van der Waals surface area contributed by atoms with Gasteiger partial charge in [0.2, 0.25) is 0 Å². The molecule has 1 rings (SSSR count). The zero-order valence-electron chi connectivity index (χ0n) is 10.2. The molecule has 3 nitrogen and oxygen atoms in total. The smallest absolute Gasteiger partial charge is 0.0709 e. The van der Waals surface area contributed by atoms with Gasteiger partial charge >= 0.3 is 0 Å². The van der Waals surface area contributed by atoms with Crippen LogP contribution in [0.3, 0.4) is 0 Å². The standard InChI is InChI=1S/C12H26N2O/c1-3-11-6-5-8-14(11)9-7-12(10-13)15-4-2/h11-12H,3-10,13H2,1-2H3. The number of hydrogen-bond donors (Lipinski definition) is 1. The lowest BCUT2D eigenvalue weighted by Crippen LogP contribution is -2.34. The minimum absolute atomic E-state index is 0.258. The van der Waals surface area contributed by atoms with E-state index in [1.165, 1.54) is 25.8 Å². The lowest BCUT2D eigenvalue weighted by Gasteiger charge is -2.25. The summed E-state index contributed by atoms with van der Waals surface area (Å²) in [7, 11) is 0. The Balaban J connectivity index is 2.22. The topological polar surface area (TPSA) is 38.5 Å². The van der Waals surface area contributed by atoms with E-state index in [1.54, 1.807) is 0 Å². The van der Waals surface area contributed by atoms with E-state index < -0.39 is 0 Å². The minimum atomic E-state index is 0.258. The van der Waals surface area contributed by atoms with Gasteiger partial charge in [-0.15, -0.1) is 0 Å². The van der Waals surface area contributed by atoms with Crippen molar-refractivity contribution in [3.8, 4) is 0 Å². The molecule has 1 fully saturated rings. The van der Waals surface area contributed by atoms with Gasteiger partial charge in [-0.2, -0.15) is 0 Å². The van der Waals surface area contributed by atoms with E-state index in [2.05, 4.69) is 11.8 Å². The second kappa shape index (κ2) is 7.20. The number of nitrogens with two attached hydrogens (primary N) is 1. The third kappa shape index (κ3) is 4.09. The van der Waals surface area contributed by atoms with Crippen LogP contribution < -0.4 is 5.73 Å². The third-order valence-electron chi connectivity index (χ3n) is 3.37. The molecule has 15 heavy (non-hydrogen) atoms. The van der Waals surface area contributed by atoms with Crippen LogP contribution in [0.2, 0.25) is 0 Å². The van der Waals surface area contributed by atoms with Crippen molar-refractivity contribution in [3.63, 3.8) is 0 Å². The SMILES string of the molecule is CCOC(CN)CCN1CCCC1CC. The lowest BCUT2D eigenvalue weighted by molar-refractivity contribution is 0.0530. The predicted molar refractivity (Wildman–Crippen MR) is 64.0 cm³/mol. The van der Waals surface area contributed by atoms with Crippen molar-refractivity contribution in [1.82, 2.24) is 4.90 Å². The maximum atomic E-state index is 5.67. The van der Waals surface area contributed by atoms with Crippen molar-refractivity contribution in [2.75, 3.05) is 26.2 Å². The molecule has 3 heteroatoms. The van der Waals surface area contributed by atoms with Gasteiger partial charge in [0.15, 0.2) is 0 Å². The molecular weight excluding hydrogens is 188 g/mol. The molecule has 0 aromatic rings. The number of hydrogen-bond acceptors (Lipinski definition) is 3. The minimum Gasteiger partial charge on any atom is -0.377 e. The number of rotatable bonds is 7. The molecule has 0 aliphatic carbocycles. The third-order valence-corrected chi connectivity index (χ3v) is 3.37. The van der Waals surface area contributed by atoms with Crippen molar-refractivity contribution in [2.24, 2.45) is 5.73 Å². The summed E-state index contributed by atoms with van der Waals surface area (Å²) in [6.45, 7) is 8.17. The molecule has 0 aromatic heterocycles. The number of nitrogens with zero attached hydrogens (tertiary/aromatic N) is 1. The van der Waals surface area contributed by atoms with Gasteiger partial charge in [0.1, 0.15) is 0 Å². The number of ether oxygens (including phenoxy) is 1. The fourth-order valence-corrected chi connectivity index (χ4v) is 2.47. The van der Waals surface area contributed by atoms with Gasteiger partial charge in [-0.1, -0.05) is 6.92 Å². The number of likely N-dealkylation sites (tertiary alicyclic amines) is 1. The molecule has 0 radical (unpaired) electrons. The Labute approximate surface area is 94.0 Å². The first kappa shape index (κ1) is 12.9. The molecule has 0 saturated carbocycles. The lowest BCUT2D eigenvalue weighted by atomic mass is 10.1. The molecule has 2 N–H and O–H groups in total. The second-order valence-electron chi connectivity index (χ2n) is 4.34. The Morgan fingerprint density at radius 1 is 1.47 bits per heavy atom. The zero-order valence-corrected chi connectivity index (χ0v) is 10.2. The highest BCUT2D eigenvalue weighted by atomic mass is 16.5. The summed E-state index contributed by atoms with van der Waals surface area (Å²) < 4.78 is 5.57. The van der Waals surface area contributed by atoms with Crippen LogP contribution in [-0.2, 0) is 4.74 Å². The monoisotopic (exact) mass is 214 g/mol. The summed E-state index contributed by atoms with van der Waals surface area (Å²) >= 11 is 0. The van der Waals surface area contributed by atoms with E-state index in [-0.39, 0.29) is 6.10 Å². The highest BCUT2D eigenvalue weighted by Crippen LogP contribution is 2.20. The van der Waals surface area contributed by atoms with Crippen LogP contribution in [0.4, 0.5) is 0 Å². The van der Waals surface area contributed by atoms with Crippen LogP contribution in [0.1, 0.15) is 39.5 Å². The van der Waals surface area contributed by atoms with Crippen LogP contribution >= 0.6 is 0 Å². The van der Waals surface area contributed by atoms with Crippen molar-refractivity contribution in [2.45, 2.75) is 51.7 Å². The molecule has 0 aromatic carbocycles. The van der Waals surface area contributed by atoms with Crippen LogP contribution in [-0.4, -0.2) is 43.3 Å². The van der Waals surface area contributed by atoms with Crippen molar-refractivity contribution < 1.29 is 4.74 Å². The van der Waals surface area contributed by atoms with Gasteiger partial charge in [-0.3, -0.25) is 0 Å². The summed E-state index contributed by atoms with van der Waals surface area (Å²) in [5.41, 5.74) is 5.67. The molecule has 0 spiro atoms. The molecule has 1 heterocycles. The summed E-state index contributed by atoms with van der Waals surface area (Å²) in [6, 6.07) is 0.810. The maximum Gasteiger partial charge on any atom is 0.0709 e. The van der Waals surface area contributed by atoms with E-state index >= 15 is 0 Å². The molecule has 1 aliphatic heterocycles. The normalized spacial score (nSPS) is 24.6. The van der Waals surface area contributed by atoms with Gasteiger partial charge in [0.25, 0.3) is 0 Å². The molecule has 2 unspecified atom stereocenters. The largest absolute Gasteiger partial charge is 0.377 e. The molecule has 90 valence electrons. The zero-order chi connectivity index (χ0) is 11.1. The Morgan fingerprint density at radius 3 is 2.87 bits per heavy atom. The van der Waals surface area contributed by atoms with E-state index in [0.717, 1.165) is 25.6 Å². The maximum absolute atomic E-state index is 5.67. The van der Waals surface area contributed by atoms with Crippen molar-refractivity contribution >= 4 is 0 Å². The van der Waals surface area contributed by atoms with E-state index in [0.29, 0.717) is 6.54 Å². The molecule has 1 saturated heterocycles. The quantitative estimate of drug-likeness (QED) is 0.700. The van der Waals surface area contributed by atoms with Crippen LogP contribution in [0.25, 0.3) is 0 Å². The molecule has 2 atom stereocenters. The van der Waals surface area contributed by atoms with Crippen LogP contribution in [0.15, 0.2) is 0 Å². The molecule has 0 amide bonds. The highest BCUT2D eigenvalue weighted by molar-refractivity contribution is 4.78. The van der Waals surface area contributed by atoms with E-state index in [9.17, 15) is 0 Å². The van der Waals surface area contributed by atoms with Gasteiger partial charge in [-0.25, -0.2) is 0 Å². The first-order valence-corrected chi connectivity index (χ1v) is 6.37. The molecular formula is C12H26N2O. The molecule has 0 bridgehead atoms. The van der Waals surface area contributed by atoms with Gasteiger partial charge in [-0.05, 0) is 39.2 Å². The Hall–Kier alpha value is -0.120. The average molecular weight is 214 g/mol. The summed E-state index contributed by atoms with van der Waals surface area (Å²) in [4.78, 5) is 2.60. The average Bonchev–Trinajstić information content (AvgIpc) is 2.71. The van der Waals surface area contributed by atoms with Crippen molar-refractivity contribution in [1.29, 1.82) is 0 Å². The predicted octanol–water partition coefficient (Wildman–Crippen LogP) is 1.61. The fourth-order valence-electron chi connectivity index (χ4n) is 2.47. The first-order valence-electron chi connectivity index (χ1n) is 6.37. The van der Waals surface area contributed by atoms with E-state index in [1.807, 2.05) is 6.92 Å². The summed E-state index contributed by atoms with van der Waals surface area (Å²) in [6.07, 6.45) is 5.36. The first-order chi connectivity index (χ1) is 7.31. The van der Waals surface area contributed by atoms with Gasteiger partial charge in [0.05, 0.1) is 6.10 Å². The fraction of sp³-hybridized carbons (Fsp3) is 1.00. The summed E-state index contributed by atoms with van der Waals surface area (Å²) in [5, 5.41) is 0. The van der Waals surface area contributed by atoms with Crippen LogP contribution in [0.5, 0.6) is 0 Å². The summed E-state index contributed by atoms with van der Waals surface area (Å²) in [5.74, 6) is 0.